The van der Waals surface area contributed by atoms with Crippen LogP contribution in [-0.4, -0.2) is 16.2 Å². The van der Waals surface area contributed by atoms with E-state index in [1.165, 1.54) is 21.8 Å². The first-order valence-corrected chi connectivity index (χ1v) is 20.2. The van der Waals surface area contributed by atoms with E-state index in [0.717, 1.165) is 61.4 Å². The van der Waals surface area contributed by atoms with E-state index in [9.17, 15) is 10.8 Å². The first kappa shape index (κ1) is 36.3. The van der Waals surface area contributed by atoms with Gasteiger partial charge in [-0.2, -0.15) is 0 Å². The van der Waals surface area contributed by atoms with E-state index in [-0.39, 0.29) is 11.7 Å². The molecule has 0 atom stereocenters. The van der Waals surface area contributed by atoms with Crippen molar-refractivity contribution in [2.24, 2.45) is 0 Å². The fourth-order valence-corrected chi connectivity index (χ4v) is 8.50. The fraction of sp³-hybridized carbons (Fsp3) is 0. The summed E-state index contributed by atoms with van der Waals surface area (Å²) < 4.78 is 2.35. The molecule has 1 heterocycles. The SMILES string of the molecule is N=C(c1ccc(-c2ccccc2-c2ccccc2-c2ccc3c(c2)c2ccccc2n3-c2ccccc2)cc1)N(C(=N)c1ccccc1-c1ccccc1)c1ccccc1. The smallest absolute Gasteiger partial charge is 0.139 e. The number of rotatable bonds is 8. The van der Waals surface area contributed by atoms with Crippen molar-refractivity contribution < 1.29 is 0 Å². The van der Waals surface area contributed by atoms with Crippen LogP contribution in [0.3, 0.4) is 0 Å². The van der Waals surface area contributed by atoms with Gasteiger partial charge in [-0.3, -0.25) is 15.7 Å². The maximum atomic E-state index is 9.60. The Morgan fingerprint density at radius 1 is 0.350 bits per heavy atom. The number of amidine groups is 2. The molecule has 0 saturated heterocycles. The van der Waals surface area contributed by atoms with Gasteiger partial charge >= 0.3 is 0 Å². The van der Waals surface area contributed by atoms with Crippen LogP contribution in [0.25, 0.3) is 72.0 Å². The number of fused-ring (bicyclic) bond motifs is 3. The first-order valence-electron chi connectivity index (χ1n) is 20.2. The number of nitrogens with zero attached hydrogens (tertiary/aromatic N) is 2. The molecule has 9 aromatic carbocycles. The zero-order valence-corrected chi connectivity index (χ0v) is 32.8. The lowest BCUT2D eigenvalue weighted by Crippen LogP contribution is -2.37. The van der Waals surface area contributed by atoms with Crippen LogP contribution >= 0.6 is 0 Å². The van der Waals surface area contributed by atoms with E-state index in [2.05, 4.69) is 150 Å². The maximum absolute atomic E-state index is 9.60. The van der Waals surface area contributed by atoms with Gasteiger partial charge in [0.25, 0.3) is 0 Å². The Hall–Kier alpha value is -8.08. The van der Waals surface area contributed by atoms with Gasteiger partial charge in [-0.15, -0.1) is 0 Å². The Morgan fingerprint density at radius 2 is 0.833 bits per heavy atom. The summed E-state index contributed by atoms with van der Waals surface area (Å²) in [4.78, 5) is 1.73. The zero-order valence-electron chi connectivity index (χ0n) is 32.8. The van der Waals surface area contributed by atoms with Crippen molar-refractivity contribution in [3.05, 3.63) is 242 Å². The summed E-state index contributed by atoms with van der Waals surface area (Å²) in [6.45, 7) is 0. The number of benzene rings is 9. The second-order valence-corrected chi connectivity index (χ2v) is 14.9. The molecule has 0 fully saturated rings. The third-order valence-corrected chi connectivity index (χ3v) is 11.3. The second kappa shape index (κ2) is 15.7. The molecule has 0 saturated carbocycles. The molecule has 0 aliphatic carbocycles. The van der Waals surface area contributed by atoms with E-state index < -0.39 is 0 Å². The summed E-state index contributed by atoms with van der Waals surface area (Å²) in [7, 11) is 0. The molecule has 4 nitrogen and oxygen atoms in total. The number of nitrogens with one attached hydrogen (secondary N) is 2. The van der Waals surface area contributed by atoms with Crippen LogP contribution in [0, 0.1) is 10.8 Å². The summed E-state index contributed by atoms with van der Waals surface area (Å²) in [5.41, 5.74) is 14.5. The van der Waals surface area contributed by atoms with Gasteiger partial charge < -0.3 is 4.57 Å². The number of anilines is 1. The van der Waals surface area contributed by atoms with Gasteiger partial charge in [0, 0.05) is 33.3 Å². The molecule has 2 N–H and O–H groups in total. The molecular formula is C56H40N4. The predicted octanol–water partition coefficient (Wildman–Crippen LogP) is 14.3. The van der Waals surface area contributed by atoms with Gasteiger partial charge in [0.1, 0.15) is 11.7 Å². The Balaban J connectivity index is 1.01. The first-order chi connectivity index (χ1) is 29.6. The van der Waals surface area contributed by atoms with Crippen molar-refractivity contribution in [1.29, 1.82) is 10.8 Å². The average Bonchev–Trinajstić information content (AvgIpc) is 3.66. The molecule has 1 aromatic heterocycles. The predicted molar refractivity (Wildman–Crippen MR) is 252 cm³/mol. The molecule has 0 radical (unpaired) electrons. The number of hydrogen-bond donors (Lipinski definition) is 2. The van der Waals surface area contributed by atoms with E-state index in [1.807, 2.05) is 84.9 Å². The normalized spacial score (nSPS) is 11.1. The zero-order chi connectivity index (χ0) is 40.4. The highest BCUT2D eigenvalue weighted by Crippen LogP contribution is 2.41. The number of hydrogen-bond acceptors (Lipinski definition) is 2. The van der Waals surface area contributed by atoms with Crippen LogP contribution in [0.1, 0.15) is 11.1 Å². The lowest BCUT2D eigenvalue weighted by molar-refractivity contribution is 1.18. The van der Waals surface area contributed by atoms with Crippen LogP contribution in [-0.2, 0) is 0 Å². The third kappa shape index (κ3) is 6.56. The van der Waals surface area contributed by atoms with E-state index in [0.29, 0.717) is 5.56 Å². The average molecular weight is 769 g/mol. The van der Waals surface area contributed by atoms with Gasteiger partial charge in [-0.25, -0.2) is 0 Å². The van der Waals surface area contributed by atoms with E-state index in [4.69, 9.17) is 0 Å². The van der Waals surface area contributed by atoms with Crippen molar-refractivity contribution >= 4 is 39.2 Å². The van der Waals surface area contributed by atoms with Gasteiger partial charge in [0.15, 0.2) is 0 Å². The molecule has 10 rings (SSSR count). The largest absolute Gasteiger partial charge is 0.309 e. The lowest BCUT2D eigenvalue weighted by atomic mass is 9.89. The molecular weight excluding hydrogens is 729 g/mol. The Bertz CT molecular complexity index is 3170. The third-order valence-electron chi connectivity index (χ3n) is 11.3. The second-order valence-electron chi connectivity index (χ2n) is 14.9. The maximum Gasteiger partial charge on any atom is 0.139 e. The molecule has 10 aromatic rings. The molecule has 0 unspecified atom stereocenters. The Labute approximate surface area is 349 Å². The summed E-state index contributed by atoms with van der Waals surface area (Å²) >= 11 is 0. The molecule has 0 spiro atoms. The highest BCUT2D eigenvalue weighted by molar-refractivity contribution is 6.28. The van der Waals surface area contributed by atoms with Crippen molar-refractivity contribution in [3.63, 3.8) is 0 Å². The van der Waals surface area contributed by atoms with Crippen molar-refractivity contribution in [3.8, 4) is 50.2 Å². The van der Waals surface area contributed by atoms with Gasteiger partial charge in [-0.1, -0.05) is 188 Å². The van der Waals surface area contributed by atoms with E-state index >= 15 is 0 Å². The number of para-hydroxylation sites is 3. The highest BCUT2D eigenvalue weighted by atomic mass is 15.2. The lowest BCUT2D eigenvalue weighted by Gasteiger charge is -2.27. The van der Waals surface area contributed by atoms with Crippen LogP contribution in [0.2, 0.25) is 0 Å². The Kier molecular flexibility index (Phi) is 9.49. The van der Waals surface area contributed by atoms with Crippen LogP contribution in [0.4, 0.5) is 5.69 Å². The molecule has 60 heavy (non-hydrogen) atoms. The molecule has 284 valence electrons. The minimum atomic E-state index is 0.225. The van der Waals surface area contributed by atoms with Crippen LogP contribution < -0.4 is 4.90 Å². The van der Waals surface area contributed by atoms with E-state index in [1.54, 1.807) is 4.90 Å². The topological polar surface area (TPSA) is 55.9 Å². The standard InChI is InChI=1S/C56H40N4/c57-55(60(44-22-8-3-9-23-44)56(58)51-30-15-12-25-46(51)39-18-4-1-5-19-39)41-34-32-40(33-35-41)45-24-10-13-27-48(45)49-28-14-11-26-47(49)42-36-37-54-52(38-42)50-29-16-17-31-53(50)59(54)43-20-6-2-7-21-43/h1-38,57-58H. The summed E-state index contributed by atoms with van der Waals surface area (Å²) in [6.07, 6.45) is 0. The number of aromatic nitrogens is 1. The van der Waals surface area contributed by atoms with Crippen LogP contribution in [0.5, 0.6) is 0 Å². The van der Waals surface area contributed by atoms with Gasteiger partial charge in [0.05, 0.1) is 11.0 Å². The molecule has 0 aliphatic rings. The van der Waals surface area contributed by atoms with Crippen molar-refractivity contribution in [1.82, 2.24) is 4.57 Å². The minimum Gasteiger partial charge on any atom is -0.309 e. The summed E-state index contributed by atoms with van der Waals surface area (Å²) in [6, 6.07) is 79.4. The van der Waals surface area contributed by atoms with Crippen molar-refractivity contribution in [2.75, 3.05) is 4.90 Å². The quantitative estimate of drug-likeness (QED) is 0.117. The summed E-state index contributed by atoms with van der Waals surface area (Å²) in [5, 5.41) is 21.6. The molecule has 4 heteroatoms. The van der Waals surface area contributed by atoms with Gasteiger partial charge in [0.2, 0.25) is 0 Å². The van der Waals surface area contributed by atoms with Gasteiger partial charge in [-0.05, 0) is 87.0 Å². The molecule has 0 amide bonds. The van der Waals surface area contributed by atoms with Crippen LogP contribution in [0.15, 0.2) is 231 Å². The highest BCUT2D eigenvalue weighted by Gasteiger charge is 2.23. The summed E-state index contributed by atoms with van der Waals surface area (Å²) in [5.74, 6) is 0.461. The minimum absolute atomic E-state index is 0.225. The fourth-order valence-electron chi connectivity index (χ4n) is 8.50. The van der Waals surface area contributed by atoms with Crippen molar-refractivity contribution in [2.45, 2.75) is 0 Å². The molecule has 0 aliphatic heterocycles. The molecule has 0 bridgehead atoms. The monoisotopic (exact) mass is 768 g/mol. The Morgan fingerprint density at radius 3 is 1.52 bits per heavy atom.